The maximum Gasteiger partial charge on any atom is 0.167 e. The first-order valence-corrected chi connectivity index (χ1v) is 5.30. The maximum absolute atomic E-state index is 5.41. The Bertz CT molecular complexity index is 364. The van der Waals surface area contributed by atoms with Gasteiger partial charge in [0.25, 0.3) is 0 Å². The predicted molar refractivity (Wildman–Crippen MR) is 65.3 cm³/mol. The molecule has 0 spiro atoms. The molecule has 0 aliphatic rings. The van der Waals surface area contributed by atoms with Crippen LogP contribution < -0.4 is 15.2 Å². The Labute approximate surface area is 98.0 Å². The SMILES string of the molecule is COc1cc(Br)cc(/C=C/CN)c1OC. The average molecular weight is 272 g/mol. The summed E-state index contributed by atoms with van der Waals surface area (Å²) in [6, 6.07) is 3.81. The van der Waals surface area contributed by atoms with Gasteiger partial charge in [-0.05, 0) is 12.1 Å². The Morgan fingerprint density at radius 1 is 1.33 bits per heavy atom. The monoisotopic (exact) mass is 271 g/mol. The third-order valence-corrected chi connectivity index (χ3v) is 2.36. The molecule has 15 heavy (non-hydrogen) atoms. The number of rotatable bonds is 4. The molecule has 4 heteroatoms. The zero-order valence-corrected chi connectivity index (χ0v) is 10.4. The molecule has 1 aromatic rings. The van der Waals surface area contributed by atoms with Crippen LogP contribution in [0, 0.1) is 0 Å². The number of nitrogens with two attached hydrogens (primary N) is 1. The van der Waals surface area contributed by atoms with Crippen LogP contribution in [-0.2, 0) is 0 Å². The second kappa shape index (κ2) is 5.78. The van der Waals surface area contributed by atoms with Gasteiger partial charge in [0.1, 0.15) is 0 Å². The first-order valence-electron chi connectivity index (χ1n) is 4.51. The molecule has 0 saturated heterocycles. The highest BCUT2D eigenvalue weighted by Gasteiger charge is 2.08. The molecule has 0 radical (unpaired) electrons. The van der Waals surface area contributed by atoms with E-state index in [0.717, 1.165) is 10.0 Å². The van der Waals surface area contributed by atoms with Gasteiger partial charge < -0.3 is 15.2 Å². The van der Waals surface area contributed by atoms with Crippen molar-refractivity contribution in [2.24, 2.45) is 5.73 Å². The molecule has 1 rings (SSSR count). The Morgan fingerprint density at radius 3 is 2.60 bits per heavy atom. The van der Waals surface area contributed by atoms with E-state index in [1.807, 2.05) is 24.3 Å². The fraction of sp³-hybridized carbons (Fsp3) is 0.273. The third-order valence-electron chi connectivity index (χ3n) is 1.91. The Morgan fingerprint density at radius 2 is 2.07 bits per heavy atom. The summed E-state index contributed by atoms with van der Waals surface area (Å²) in [5.74, 6) is 1.41. The number of hydrogen-bond acceptors (Lipinski definition) is 3. The lowest BCUT2D eigenvalue weighted by Crippen LogP contribution is -1.95. The van der Waals surface area contributed by atoms with Crippen LogP contribution in [0.3, 0.4) is 0 Å². The van der Waals surface area contributed by atoms with Gasteiger partial charge in [-0.25, -0.2) is 0 Å². The Kier molecular flexibility index (Phi) is 4.65. The molecule has 0 amide bonds. The number of ether oxygens (including phenoxy) is 2. The van der Waals surface area contributed by atoms with Crippen LogP contribution in [0.4, 0.5) is 0 Å². The molecule has 0 saturated carbocycles. The van der Waals surface area contributed by atoms with Gasteiger partial charge in [0.05, 0.1) is 14.2 Å². The van der Waals surface area contributed by atoms with Crippen LogP contribution in [0.25, 0.3) is 6.08 Å². The van der Waals surface area contributed by atoms with Crippen molar-refractivity contribution in [1.82, 2.24) is 0 Å². The molecule has 2 N–H and O–H groups in total. The number of methoxy groups -OCH3 is 2. The second-order valence-electron chi connectivity index (χ2n) is 2.87. The van der Waals surface area contributed by atoms with E-state index in [1.165, 1.54) is 0 Å². The van der Waals surface area contributed by atoms with Gasteiger partial charge >= 0.3 is 0 Å². The van der Waals surface area contributed by atoms with Crippen molar-refractivity contribution >= 4 is 22.0 Å². The number of benzene rings is 1. The molecule has 0 aliphatic carbocycles. The van der Waals surface area contributed by atoms with Crippen molar-refractivity contribution in [2.75, 3.05) is 20.8 Å². The van der Waals surface area contributed by atoms with Gasteiger partial charge in [0, 0.05) is 16.6 Å². The van der Waals surface area contributed by atoms with E-state index < -0.39 is 0 Å². The van der Waals surface area contributed by atoms with Crippen molar-refractivity contribution in [3.05, 3.63) is 28.2 Å². The molecule has 0 unspecified atom stereocenters. The van der Waals surface area contributed by atoms with Crippen LogP contribution in [0.1, 0.15) is 5.56 Å². The van der Waals surface area contributed by atoms with Gasteiger partial charge in [-0.1, -0.05) is 28.1 Å². The quantitative estimate of drug-likeness (QED) is 0.915. The standard InChI is InChI=1S/C11H14BrNO2/c1-14-10-7-9(12)6-8(4-3-5-13)11(10)15-2/h3-4,6-7H,5,13H2,1-2H3/b4-3+. The minimum atomic E-state index is 0.498. The lowest BCUT2D eigenvalue weighted by atomic mass is 10.1. The minimum absolute atomic E-state index is 0.498. The van der Waals surface area contributed by atoms with E-state index in [0.29, 0.717) is 18.0 Å². The van der Waals surface area contributed by atoms with Gasteiger partial charge in [0.15, 0.2) is 11.5 Å². The van der Waals surface area contributed by atoms with E-state index in [2.05, 4.69) is 15.9 Å². The molecule has 3 nitrogen and oxygen atoms in total. The summed E-state index contributed by atoms with van der Waals surface area (Å²) in [5.41, 5.74) is 6.34. The fourth-order valence-electron chi connectivity index (χ4n) is 1.28. The van der Waals surface area contributed by atoms with Crippen molar-refractivity contribution < 1.29 is 9.47 Å². The molecule has 82 valence electrons. The normalized spacial score (nSPS) is 10.7. The minimum Gasteiger partial charge on any atom is -0.493 e. The molecular formula is C11H14BrNO2. The fourth-order valence-corrected chi connectivity index (χ4v) is 1.73. The van der Waals surface area contributed by atoms with E-state index in [1.54, 1.807) is 14.2 Å². The largest absolute Gasteiger partial charge is 0.493 e. The van der Waals surface area contributed by atoms with E-state index >= 15 is 0 Å². The number of hydrogen-bond donors (Lipinski definition) is 1. The summed E-state index contributed by atoms with van der Waals surface area (Å²) in [7, 11) is 3.23. The summed E-state index contributed by atoms with van der Waals surface area (Å²) in [4.78, 5) is 0. The van der Waals surface area contributed by atoms with E-state index in [9.17, 15) is 0 Å². The molecule has 1 aromatic carbocycles. The molecule has 0 aliphatic heterocycles. The highest BCUT2D eigenvalue weighted by molar-refractivity contribution is 9.10. The van der Waals surface area contributed by atoms with Crippen molar-refractivity contribution in [1.29, 1.82) is 0 Å². The smallest absolute Gasteiger partial charge is 0.167 e. The number of halogens is 1. The molecule has 0 aromatic heterocycles. The molecule has 0 bridgehead atoms. The van der Waals surface area contributed by atoms with Gasteiger partial charge in [0.2, 0.25) is 0 Å². The van der Waals surface area contributed by atoms with Crippen molar-refractivity contribution in [2.45, 2.75) is 0 Å². The first-order chi connectivity index (χ1) is 7.22. The highest BCUT2D eigenvalue weighted by atomic mass is 79.9. The maximum atomic E-state index is 5.41. The van der Waals surface area contributed by atoms with Gasteiger partial charge in [-0.15, -0.1) is 0 Å². The lowest BCUT2D eigenvalue weighted by Gasteiger charge is -2.11. The van der Waals surface area contributed by atoms with Crippen LogP contribution in [-0.4, -0.2) is 20.8 Å². The third kappa shape index (κ3) is 2.97. The van der Waals surface area contributed by atoms with Gasteiger partial charge in [-0.3, -0.25) is 0 Å². The first kappa shape index (κ1) is 12.1. The molecule has 0 heterocycles. The topological polar surface area (TPSA) is 44.5 Å². The summed E-state index contributed by atoms with van der Waals surface area (Å²) in [6.07, 6.45) is 3.77. The van der Waals surface area contributed by atoms with Crippen LogP contribution in [0.5, 0.6) is 11.5 Å². The average Bonchev–Trinajstić information content (AvgIpc) is 2.25. The highest BCUT2D eigenvalue weighted by Crippen LogP contribution is 2.35. The van der Waals surface area contributed by atoms with Crippen molar-refractivity contribution in [3.8, 4) is 11.5 Å². The van der Waals surface area contributed by atoms with Crippen LogP contribution in [0.15, 0.2) is 22.7 Å². The van der Waals surface area contributed by atoms with Gasteiger partial charge in [-0.2, -0.15) is 0 Å². The Balaban J connectivity index is 3.22. The second-order valence-corrected chi connectivity index (χ2v) is 3.78. The van der Waals surface area contributed by atoms with Crippen LogP contribution in [0.2, 0.25) is 0 Å². The summed E-state index contributed by atoms with van der Waals surface area (Å²) in [5, 5.41) is 0. The van der Waals surface area contributed by atoms with E-state index in [-0.39, 0.29) is 0 Å². The summed E-state index contributed by atoms with van der Waals surface area (Å²) >= 11 is 3.41. The predicted octanol–water partition coefficient (Wildman–Crippen LogP) is 2.44. The zero-order valence-electron chi connectivity index (χ0n) is 8.79. The van der Waals surface area contributed by atoms with E-state index in [4.69, 9.17) is 15.2 Å². The van der Waals surface area contributed by atoms with Crippen LogP contribution >= 0.6 is 15.9 Å². The summed E-state index contributed by atoms with van der Waals surface area (Å²) < 4.78 is 11.4. The Hall–Kier alpha value is -1.00. The summed E-state index contributed by atoms with van der Waals surface area (Å²) in [6.45, 7) is 0.498. The molecule has 0 fully saturated rings. The zero-order chi connectivity index (χ0) is 11.3. The molecule has 0 atom stereocenters. The molecular weight excluding hydrogens is 258 g/mol. The van der Waals surface area contributed by atoms with Crippen molar-refractivity contribution in [3.63, 3.8) is 0 Å². The lowest BCUT2D eigenvalue weighted by molar-refractivity contribution is 0.354.